The molecule has 0 bridgehead atoms. The Hall–Kier alpha value is -3.93. The molecule has 0 saturated carbocycles. The molecule has 6 heteroatoms. The van der Waals surface area contributed by atoms with Crippen LogP contribution < -0.4 is 5.32 Å². The molecule has 3 aliphatic rings. The lowest BCUT2D eigenvalue weighted by Gasteiger charge is -2.31. The quantitative estimate of drug-likeness (QED) is 0.529. The Balaban J connectivity index is 0.00000294. The molecule has 3 aromatic rings. The molecule has 1 aliphatic carbocycles. The summed E-state index contributed by atoms with van der Waals surface area (Å²) in [6.45, 7) is 3.99. The number of hydrogen-bond acceptors (Lipinski definition) is 3. The standard InChI is InChI=1S/C31H31N3O3.H2/c1-2-16-31(25-13-7-5-11-23(25)24-12-6-8-14-26(24)31)30(37)32-17-19-33-18-15-27(29(33)36)34-20-21-9-3-4-10-22(21)28(34)35;/h3-14,27H,2,15-20H2,1H3,(H,32,37);1H. The van der Waals surface area contributed by atoms with Gasteiger partial charge in [0, 0.05) is 33.2 Å². The fourth-order valence-electron chi connectivity index (χ4n) is 6.55. The van der Waals surface area contributed by atoms with Crippen molar-refractivity contribution in [2.24, 2.45) is 0 Å². The van der Waals surface area contributed by atoms with Gasteiger partial charge in [0.25, 0.3) is 5.91 Å². The minimum Gasteiger partial charge on any atom is -0.353 e. The van der Waals surface area contributed by atoms with E-state index >= 15 is 0 Å². The molecule has 1 N–H and O–H groups in total. The van der Waals surface area contributed by atoms with Crippen molar-refractivity contribution in [3.05, 3.63) is 95.1 Å². The molecule has 2 heterocycles. The summed E-state index contributed by atoms with van der Waals surface area (Å²) in [5, 5.41) is 3.17. The normalized spacial score (nSPS) is 19.1. The Morgan fingerprint density at radius 1 is 0.946 bits per heavy atom. The van der Waals surface area contributed by atoms with Crippen molar-refractivity contribution in [2.75, 3.05) is 19.6 Å². The molecule has 190 valence electrons. The SMILES string of the molecule is CCCC1(C(=O)NCCN2CCC(N3Cc4ccccc4C3=O)C2=O)c2ccccc2-c2ccccc21.[HH]. The summed E-state index contributed by atoms with van der Waals surface area (Å²) in [4.78, 5) is 43.5. The average Bonchev–Trinajstić information content (AvgIpc) is 3.55. The van der Waals surface area contributed by atoms with Gasteiger partial charge in [0.15, 0.2) is 0 Å². The van der Waals surface area contributed by atoms with Crippen LogP contribution in [0.3, 0.4) is 0 Å². The van der Waals surface area contributed by atoms with Gasteiger partial charge in [-0.25, -0.2) is 0 Å². The number of rotatable bonds is 7. The van der Waals surface area contributed by atoms with Crippen LogP contribution in [-0.2, 0) is 21.5 Å². The minimum atomic E-state index is -0.729. The molecule has 1 atom stereocenters. The first-order valence-corrected chi connectivity index (χ1v) is 13.2. The zero-order chi connectivity index (χ0) is 25.6. The van der Waals surface area contributed by atoms with Crippen LogP contribution in [0.1, 0.15) is 54.7 Å². The third-order valence-corrected chi connectivity index (χ3v) is 8.24. The van der Waals surface area contributed by atoms with Crippen LogP contribution in [0.25, 0.3) is 11.1 Å². The Morgan fingerprint density at radius 2 is 1.57 bits per heavy atom. The van der Waals surface area contributed by atoms with Gasteiger partial charge >= 0.3 is 0 Å². The van der Waals surface area contributed by atoms with Gasteiger partial charge in [-0.05, 0) is 46.7 Å². The lowest BCUT2D eigenvalue weighted by atomic mass is 9.74. The molecule has 0 radical (unpaired) electrons. The van der Waals surface area contributed by atoms with E-state index in [0.717, 1.165) is 40.7 Å². The molecule has 3 aromatic carbocycles. The fourth-order valence-corrected chi connectivity index (χ4v) is 6.55. The fraction of sp³-hybridized carbons (Fsp3) is 0.323. The number of benzene rings is 3. The summed E-state index contributed by atoms with van der Waals surface area (Å²) in [5.41, 5.74) is 5.29. The molecule has 37 heavy (non-hydrogen) atoms. The van der Waals surface area contributed by atoms with E-state index in [4.69, 9.17) is 0 Å². The molecule has 2 aliphatic heterocycles. The van der Waals surface area contributed by atoms with Crippen LogP contribution in [0.5, 0.6) is 0 Å². The summed E-state index contributed by atoms with van der Waals surface area (Å²) in [7, 11) is 0. The Bertz CT molecular complexity index is 1360. The summed E-state index contributed by atoms with van der Waals surface area (Å²) in [6, 6.07) is 23.5. The summed E-state index contributed by atoms with van der Waals surface area (Å²) < 4.78 is 0. The molecular formula is C31H33N3O3. The molecular weight excluding hydrogens is 462 g/mol. The zero-order valence-corrected chi connectivity index (χ0v) is 21.1. The molecule has 6 nitrogen and oxygen atoms in total. The minimum absolute atomic E-state index is 0. The van der Waals surface area contributed by atoms with Gasteiger partial charge in [-0.15, -0.1) is 0 Å². The molecule has 3 amide bonds. The highest BCUT2D eigenvalue weighted by molar-refractivity contribution is 6.02. The van der Waals surface area contributed by atoms with Gasteiger partial charge in [0.05, 0.1) is 0 Å². The van der Waals surface area contributed by atoms with Gasteiger partial charge in [-0.2, -0.15) is 0 Å². The van der Waals surface area contributed by atoms with Crippen molar-refractivity contribution in [1.82, 2.24) is 15.1 Å². The number of fused-ring (bicyclic) bond motifs is 4. The number of nitrogens with one attached hydrogen (secondary N) is 1. The molecule has 0 spiro atoms. The topological polar surface area (TPSA) is 69.7 Å². The summed E-state index contributed by atoms with van der Waals surface area (Å²) >= 11 is 0. The Morgan fingerprint density at radius 3 is 2.22 bits per heavy atom. The van der Waals surface area contributed by atoms with Crippen LogP contribution in [0.2, 0.25) is 0 Å². The molecule has 1 saturated heterocycles. The zero-order valence-electron chi connectivity index (χ0n) is 21.1. The molecule has 1 unspecified atom stereocenters. The van der Waals surface area contributed by atoms with Gasteiger partial charge in [0.1, 0.15) is 11.5 Å². The average molecular weight is 496 g/mol. The van der Waals surface area contributed by atoms with Crippen molar-refractivity contribution in [3.63, 3.8) is 0 Å². The van der Waals surface area contributed by atoms with E-state index in [1.54, 1.807) is 9.80 Å². The third-order valence-electron chi connectivity index (χ3n) is 8.24. The van der Waals surface area contributed by atoms with E-state index in [9.17, 15) is 14.4 Å². The predicted octanol–water partition coefficient (Wildman–Crippen LogP) is 4.37. The number of amides is 3. The lowest BCUT2D eigenvalue weighted by molar-refractivity contribution is -0.132. The number of hydrogen-bond donors (Lipinski definition) is 1. The first kappa shape index (κ1) is 23.5. The second kappa shape index (κ2) is 9.18. The number of carbonyl (C=O) groups excluding carboxylic acids is 3. The maximum Gasteiger partial charge on any atom is 0.255 e. The number of nitrogens with zero attached hydrogens (tertiary/aromatic N) is 2. The van der Waals surface area contributed by atoms with Gasteiger partial charge in [-0.1, -0.05) is 80.1 Å². The summed E-state index contributed by atoms with van der Waals surface area (Å²) in [5.74, 6) is -0.112. The van der Waals surface area contributed by atoms with Crippen LogP contribution in [0.4, 0.5) is 0 Å². The largest absolute Gasteiger partial charge is 0.353 e. The van der Waals surface area contributed by atoms with Crippen LogP contribution >= 0.6 is 0 Å². The van der Waals surface area contributed by atoms with Crippen molar-refractivity contribution >= 4 is 17.7 Å². The molecule has 1 fully saturated rings. The van der Waals surface area contributed by atoms with Crippen molar-refractivity contribution < 1.29 is 15.8 Å². The van der Waals surface area contributed by atoms with E-state index in [-0.39, 0.29) is 19.1 Å². The second-order valence-electron chi connectivity index (χ2n) is 10.2. The molecule has 6 rings (SSSR count). The first-order valence-electron chi connectivity index (χ1n) is 13.2. The number of carbonyl (C=O) groups is 3. The van der Waals surface area contributed by atoms with E-state index in [1.807, 2.05) is 48.5 Å². The lowest BCUT2D eigenvalue weighted by Crippen LogP contribution is -2.47. The van der Waals surface area contributed by atoms with Crippen LogP contribution in [-0.4, -0.2) is 53.2 Å². The predicted molar refractivity (Wildman–Crippen MR) is 144 cm³/mol. The third kappa shape index (κ3) is 3.57. The number of likely N-dealkylation sites (tertiary alicyclic amines) is 1. The van der Waals surface area contributed by atoms with E-state index < -0.39 is 11.5 Å². The maximum absolute atomic E-state index is 13.9. The van der Waals surface area contributed by atoms with Gasteiger partial charge in [0.2, 0.25) is 11.8 Å². The highest BCUT2D eigenvalue weighted by Crippen LogP contribution is 2.51. The van der Waals surface area contributed by atoms with Crippen molar-refractivity contribution in [2.45, 2.75) is 44.2 Å². The van der Waals surface area contributed by atoms with Crippen LogP contribution in [0.15, 0.2) is 72.8 Å². The summed E-state index contributed by atoms with van der Waals surface area (Å²) in [6.07, 6.45) is 2.21. The maximum atomic E-state index is 13.9. The monoisotopic (exact) mass is 495 g/mol. The van der Waals surface area contributed by atoms with Gasteiger partial charge < -0.3 is 15.1 Å². The van der Waals surface area contributed by atoms with Crippen molar-refractivity contribution in [1.29, 1.82) is 0 Å². The highest BCUT2D eigenvalue weighted by Gasteiger charge is 2.48. The second-order valence-corrected chi connectivity index (χ2v) is 10.2. The smallest absolute Gasteiger partial charge is 0.255 e. The Kier molecular flexibility index (Phi) is 5.82. The first-order chi connectivity index (χ1) is 18.1. The Labute approximate surface area is 218 Å². The van der Waals surface area contributed by atoms with Crippen molar-refractivity contribution in [3.8, 4) is 11.1 Å². The highest BCUT2D eigenvalue weighted by atomic mass is 16.2. The van der Waals surface area contributed by atoms with E-state index in [0.29, 0.717) is 38.2 Å². The van der Waals surface area contributed by atoms with Gasteiger partial charge in [-0.3, -0.25) is 14.4 Å². The molecule has 0 aromatic heterocycles. The van der Waals surface area contributed by atoms with E-state index in [1.165, 1.54) is 0 Å². The van der Waals surface area contributed by atoms with Crippen LogP contribution in [0, 0.1) is 0 Å². The van der Waals surface area contributed by atoms with E-state index in [2.05, 4.69) is 36.5 Å².